The van der Waals surface area contributed by atoms with E-state index in [1.165, 1.54) is 106 Å². The van der Waals surface area contributed by atoms with E-state index in [-0.39, 0.29) is 23.1 Å². The lowest BCUT2D eigenvalue weighted by Gasteiger charge is -2.46. The lowest BCUT2D eigenvalue weighted by molar-refractivity contribution is 0.590. The summed E-state index contributed by atoms with van der Waals surface area (Å²) in [5.41, 5.74) is 24.0. The molecule has 0 unspecified atom stereocenters. The maximum absolute atomic E-state index is 2.65. The summed E-state index contributed by atoms with van der Waals surface area (Å²) in [6.07, 6.45) is 0. The zero-order valence-electron chi connectivity index (χ0n) is 37.2. The lowest BCUT2D eigenvalue weighted by atomic mass is 9.43. The summed E-state index contributed by atoms with van der Waals surface area (Å²) < 4.78 is 0. The second-order valence-corrected chi connectivity index (χ2v) is 20.2. The third-order valence-corrected chi connectivity index (χ3v) is 14.0. The van der Waals surface area contributed by atoms with Crippen LogP contribution in [0.2, 0.25) is 0 Å². The molecule has 2 heterocycles. The van der Waals surface area contributed by atoms with Gasteiger partial charge in [0, 0.05) is 39.3 Å². The van der Waals surface area contributed by atoms with Crippen molar-refractivity contribution in [1.82, 2.24) is 0 Å². The van der Waals surface area contributed by atoms with Gasteiger partial charge in [0.05, 0.1) is 5.69 Å². The van der Waals surface area contributed by atoms with Crippen LogP contribution in [0.3, 0.4) is 0 Å². The third-order valence-electron chi connectivity index (χ3n) is 14.0. The van der Waals surface area contributed by atoms with E-state index in [1.807, 2.05) is 0 Å². The molecule has 11 rings (SSSR count). The summed E-state index contributed by atoms with van der Waals surface area (Å²) in [6, 6.07) is 66.8. The predicted molar refractivity (Wildman–Crippen MR) is 266 cm³/mol. The van der Waals surface area contributed by atoms with Crippen molar-refractivity contribution in [2.75, 3.05) is 9.71 Å². The molecule has 0 fully saturated rings. The number of anilines is 5. The van der Waals surface area contributed by atoms with Crippen molar-refractivity contribution in [3.8, 4) is 44.5 Å². The van der Waals surface area contributed by atoms with Gasteiger partial charge in [-0.25, -0.2) is 0 Å². The molecule has 0 saturated carbocycles. The van der Waals surface area contributed by atoms with E-state index in [2.05, 4.69) is 241 Å². The van der Waals surface area contributed by atoms with Gasteiger partial charge in [-0.2, -0.15) is 0 Å². The predicted octanol–water partition coefficient (Wildman–Crippen LogP) is 14.6. The minimum absolute atomic E-state index is 0.0256. The van der Waals surface area contributed by atoms with E-state index < -0.39 is 0 Å². The normalized spacial score (nSPS) is 14.5. The van der Waals surface area contributed by atoms with Crippen molar-refractivity contribution >= 4 is 46.2 Å². The molecule has 3 aliphatic rings. The van der Waals surface area contributed by atoms with Crippen LogP contribution in [0.25, 0.3) is 44.5 Å². The molecule has 1 aliphatic carbocycles. The minimum Gasteiger partial charge on any atom is -0.376 e. The lowest BCUT2D eigenvalue weighted by Crippen LogP contribution is -2.61. The summed E-state index contributed by atoms with van der Waals surface area (Å²) in [4.78, 5) is 5.28. The van der Waals surface area contributed by atoms with Crippen LogP contribution in [0, 0.1) is 0 Å². The average molecular weight is 801 g/mol. The van der Waals surface area contributed by atoms with Crippen molar-refractivity contribution < 1.29 is 0 Å². The molecule has 8 aromatic carbocycles. The summed E-state index contributed by atoms with van der Waals surface area (Å²) in [6.45, 7) is 18.6. The summed E-state index contributed by atoms with van der Waals surface area (Å²) in [7, 11) is 0. The van der Waals surface area contributed by atoms with E-state index in [9.17, 15) is 0 Å². The molecule has 0 bridgehead atoms. The van der Waals surface area contributed by atoms with Gasteiger partial charge in [-0.1, -0.05) is 183 Å². The van der Waals surface area contributed by atoms with Crippen molar-refractivity contribution in [2.45, 2.75) is 71.6 Å². The molecule has 2 nitrogen and oxygen atoms in total. The summed E-state index contributed by atoms with van der Waals surface area (Å²) in [5.74, 6) is 0. The molecule has 0 N–H and O–H groups in total. The summed E-state index contributed by atoms with van der Waals surface area (Å²) >= 11 is 0. The van der Waals surface area contributed by atoms with Gasteiger partial charge in [0.1, 0.15) is 0 Å². The van der Waals surface area contributed by atoms with Crippen LogP contribution in [-0.2, 0) is 16.2 Å². The van der Waals surface area contributed by atoms with Crippen LogP contribution >= 0.6 is 0 Å². The highest BCUT2D eigenvalue weighted by Gasteiger charge is 2.48. The Morgan fingerprint density at radius 1 is 0.403 bits per heavy atom. The molecule has 62 heavy (non-hydrogen) atoms. The van der Waals surface area contributed by atoms with Crippen molar-refractivity contribution in [2.24, 2.45) is 0 Å². The van der Waals surface area contributed by atoms with E-state index in [0.29, 0.717) is 0 Å². The SMILES string of the molecule is CC(C)(C)c1ccc(N2B3c4cc5c(cc4N(c4ccc(C(C)(C)C)cc4-c4ccccc4)c4cc(-c6ccccc6)cc(c43)-c3ccccc32)-c2ccccc2C5(C)C)cc1. The quantitative estimate of drug-likeness (QED) is 0.164. The van der Waals surface area contributed by atoms with Gasteiger partial charge in [-0.05, 0) is 126 Å². The first kappa shape index (κ1) is 38.4. The minimum atomic E-state index is -0.165. The molecular weight excluding hydrogens is 747 g/mol. The van der Waals surface area contributed by atoms with Crippen molar-refractivity contribution in [3.63, 3.8) is 0 Å². The van der Waals surface area contributed by atoms with Crippen molar-refractivity contribution in [3.05, 3.63) is 198 Å². The van der Waals surface area contributed by atoms with Gasteiger partial charge in [0.15, 0.2) is 0 Å². The second kappa shape index (κ2) is 13.7. The highest BCUT2D eigenvalue weighted by Crippen LogP contribution is 2.54. The fourth-order valence-electron chi connectivity index (χ4n) is 10.6. The van der Waals surface area contributed by atoms with Crippen LogP contribution in [-0.4, -0.2) is 6.85 Å². The fourth-order valence-corrected chi connectivity index (χ4v) is 10.6. The Kier molecular flexibility index (Phi) is 8.48. The second-order valence-electron chi connectivity index (χ2n) is 20.2. The first-order valence-corrected chi connectivity index (χ1v) is 22.3. The number of hydrogen-bond donors (Lipinski definition) is 0. The topological polar surface area (TPSA) is 6.48 Å². The number of fused-ring (bicyclic) bond motifs is 7. The Morgan fingerprint density at radius 3 is 1.71 bits per heavy atom. The largest absolute Gasteiger partial charge is 0.376 e. The number of rotatable bonds is 4. The van der Waals surface area contributed by atoms with E-state index >= 15 is 0 Å². The van der Waals surface area contributed by atoms with Crippen LogP contribution < -0.4 is 20.6 Å². The van der Waals surface area contributed by atoms with Gasteiger partial charge in [0.25, 0.3) is 0 Å². The molecule has 0 radical (unpaired) electrons. The number of hydrogen-bond acceptors (Lipinski definition) is 2. The van der Waals surface area contributed by atoms with Gasteiger partial charge >= 0.3 is 6.85 Å². The van der Waals surface area contributed by atoms with Crippen molar-refractivity contribution in [1.29, 1.82) is 0 Å². The highest BCUT2D eigenvalue weighted by atomic mass is 15.2. The van der Waals surface area contributed by atoms with Crippen LogP contribution in [0.1, 0.15) is 77.6 Å². The van der Waals surface area contributed by atoms with Gasteiger partial charge in [-0.3, -0.25) is 0 Å². The molecule has 3 heteroatoms. The molecule has 0 saturated heterocycles. The Bertz CT molecular complexity index is 3060. The average Bonchev–Trinajstić information content (AvgIpc) is 3.50. The Balaban J connectivity index is 1.29. The molecule has 0 aromatic heterocycles. The van der Waals surface area contributed by atoms with Crippen LogP contribution in [0.15, 0.2) is 176 Å². The number of para-hydroxylation sites is 1. The number of nitrogens with zero attached hydrogens (tertiary/aromatic N) is 2. The maximum atomic E-state index is 2.65. The molecule has 0 atom stereocenters. The highest BCUT2D eigenvalue weighted by molar-refractivity contribution is 6.93. The monoisotopic (exact) mass is 800 g/mol. The van der Waals surface area contributed by atoms with Crippen LogP contribution in [0.4, 0.5) is 28.4 Å². The van der Waals surface area contributed by atoms with E-state index in [0.717, 1.165) is 0 Å². The molecule has 0 amide bonds. The van der Waals surface area contributed by atoms with Gasteiger partial charge < -0.3 is 9.71 Å². The van der Waals surface area contributed by atoms with E-state index in [4.69, 9.17) is 0 Å². The standard InChI is InChI=1S/C59H53BN2/c1-57(2,3)41-27-30-43(31-28-41)62-53-26-18-16-24-45(53)48-33-40(38-19-11-9-12-20-38)34-55-56(48)60(62)51-37-50-47(44-23-15-17-25-49(44)59(50,7)8)36-54(51)61(55)52-32-29-42(58(4,5)6)35-46(52)39-21-13-10-14-22-39/h9-37H,1-8H3. The third kappa shape index (κ3) is 5.85. The Morgan fingerprint density at radius 2 is 1.02 bits per heavy atom. The smallest absolute Gasteiger partial charge is 0.333 e. The number of benzene rings is 8. The molecule has 0 spiro atoms. The summed E-state index contributed by atoms with van der Waals surface area (Å²) in [5, 5.41) is 0. The molecule has 2 aliphatic heterocycles. The van der Waals surface area contributed by atoms with Gasteiger partial charge in [-0.15, -0.1) is 0 Å². The van der Waals surface area contributed by atoms with E-state index in [1.54, 1.807) is 0 Å². The molecular formula is C59H53BN2. The Labute approximate surface area is 368 Å². The first-order valence-electron chi connectivity index (χ1n) is 22.3. The zero-order chi connectivity index (χ0) is 42.7. The fraction of sp³-hybridized carbons (Fsp3) is 0.186. The maximum Gasteiger partial charge on any atom is 0.333 e. The molecule has 302 valence electrons. The first-order chi connectivity index (χ1) is 29.8. The zero-order valence-corrected chi connectivity index (χ0v) is 37.2. The van der Waals surface area contributed by atoms with Crippen LogP contribution in [0.5, 0.6) is 0 Å². The Hall–Kier alpha value is -6.58. The molecule has 8 aromatic rings. The van der Waals surface area contributed by atoms with Gasteiger partial charge in [0.2, 0.25) is 0 Å².